The van der Waals surface area contributed by atoms with Gasteiger partial charge in [0, 0.05) is 19.4 Å². The third kappa shape index (κ3) is 3.46. The molecule has 11 nitrogen and oxygen atoms in total. The zero-order valence-corrected chi connectivity index (χ0v) is 14.5. The number of nitrogens with two attached hydrogens (primary N) is 1. The number of methoxy groups -OCH3 is 1. The molecule has 8 N–H and O–H groups in total. The molecule has 0 aromatic carbocycles. The van der Waals surface area contributed by atoms with Crippen LogP contribution in [-0.4, -0.2) is 105 Å². The van der Waals surface area contributed by atoms with Crippen LogP contribution in [0.15, 0.2) is 0 Å². The summed E-state index contributed by atoms with van der Waals surface area (Å²) in [6, 6.07) is 0. The second-order valence-corrected chi connectivity index (χ2v) is 6.81. The zero-order valence-electron chi connectivity index (χ0n) is 14.5. The molecule has 0 aromatic heterocycles. The largest absolute Gasteiger partial charge is 0.394 e. The molecule has 0 bridgehead atoms. The first-order valence-electron chi connectivity index (χ1n) is 8.27. The number of aliphatic hydroxyl groups excluding tert-OH is 5. The average molecular weight is 381 g/mol. The SMILES string of the molecule is CO[C@H]1O[C@H](CO)[C@](O)([C@@H]2O[C@H](C)[C@H](O)[C@H](O)[C@H]2O)[C@H](O)[C@@H]1CC(N)=O. The highest BCUT2D eigenvalue weighted by Gasteiger charge is 2.63. The number of rotatable bonds is 5. The van der Waals surface area contributed by atoms with E-state index in [1.165, 1.54) is 14.0 Å². The van der Waals surface area contributed by atoms with Gasteiger partial charge in [-0.1, -0.05) is 0 Å². The Bertz CT molecular complexity index is 507. The fourth-order valence-electron chi connectivity index (χ4n) is 3.70. The van der Waals surface area contributed by atoms with Gasteiger partial charge in [0.25, 0.3) is 0 Å². The Kier molecular flexibility index (Phi) is 6.59. The first-order valence-corrected chi connectivity index (χ1v) is 8.27. The fraction of sp³-hybridized carbons (Fsp3) is 0.933. The summed E-state index contributed by atoms with van der Waals surface area (Å²) in [7, 11) is 1.25. The maximum Gasteiger partial charge on any atom is 0.217 e. The van der Waals surface area contributed by atoms with Crippen molar-refractivity contribution in [2.45, 2.75) is 68.0 Å². The number of hydrogen-bond donors (Lipinski definition) is 7. The average Bonchev–Trinajstić information content (AvgIpc) is 2.60. The molecule has 0 aromatic rings. The molecule has 152 valence electrons. The van der Waals surface area contributed by atoms with E-state index in [1.54, 1.807) is 0 Å². The van der Waals surface area contributed by atoms with E-state index in [0.717, 1.165) is 0 Å². The van der Waals surface area contributed by atoms with Crippen molar-refractivity contribution in [3.05, 3.63) is 0 Å². The molecule has 26 heavy (non-hydrogen) atoms. The fourth-order valence-corrected chi connectivity index (χ4v) is 3.70. The summed E-state index contributed by atoms with van der Waals surface area (Å²) in [6.45, 7) is 0.620. The second-order valence-electron chi connectivity index (χ2n) is 6.81. The summed E-state index contributed by atoms with van der Waals surface area (Å²) in [5, 5.41) is 61.7. The molecule has 0 unspecified atom stereocenters. The predicted octanol–water partition coefficient (Wildman–Crippen LogP) is -4.20. The van der Waals surface area contributed by atoms with Crippen molar-refractivity contribution in [1.29, 1.82) is 0 Å². The molecule has 2 saturated heterocycles. The van der Waals surface area contributed by atoms with E-state index in [1.807, 2.05) is 0 Å². The maximum absolute atomic E-state index is 11.3. The van der Waals surface area contributed by atoms with E-state index >= 15 is 0 Å². The van der Waals surface area contributed by atoms with Crippen LogP contribution in [0.3, 0.4) is 0 Å². The Labute approximate surface area is 149 Å². The van der Waals surface area contributed by atoms with Gasteiger partial charge in [0.15, 0.2) is 6.29 Å². The second kappa shape index (κ2) is 8.00. The molecule has 0 saturated carbocycles. The number of primary amides is 1. The van der Waals surface area contributed by atoms with Crippen molar-refractivity contribution >= 4 is 5.91 Å². The highest BCUT2D eigenvalue weighted by atomic mass is 16.7. The Morgan fingerprint density at radius 2 is 1.77 bits per heavy atom. The summed E-state index contributed by atoms with van der Waals surface area (Å²) in [5.74, 6) is -1.92. The van der Waals surface area contributed by atoms with Gasteiger partial charge in [-0.3, -0.25) is 4.79 Å². The van der Waals surface area contributed by atoms with E-state index in [9.17, 15) is 35.4 Å². The topological polar surface area (TPSA) is 192 Å². The molecule has 2 fully saturated rings. The minimum absolute atomic E-state index is 0.413. The van der Waals surface area contributed by atoms with E-state index in [0.29, 0.717) is 0 Å². The van der Waals surface area contributed by atoms with Gasteiger partial charge in [-0.25, -0.2) is 0 Å². The van der Waals surface area contributed by atoms with Gasteiger partial charge in [0.05, 0.1) is 18.8 Å². The number of hydrogen-bond acceptors (Lipinski definition) is 10. The minimum Gasteiger partial charge on any atom is -0.394 e. The van der Waals surface area contributed by atoms with Crippen LogP contribution in [0.4, 0.5) is 0 Å². The zero-order chi connectivity index (χ0) is 19.8. The lowest BCUT2D eigenvalue weighted by atomic mass is 9.71. The highest BCUT2D eigenvalue weighted by Crippen LogP contribution is 2.42. The number of carbonyl (C=O) groups excluding carboxylic acids is 1. The van der Waals surface area contributed by atoms with Crippen molar-refractivity contribution < 1.29 is 49.6 Å². The quantitative estimate of drug-likeness (QED) is 0.245. The number of amides is 1. The van der Waals surface area contributed by atoms with Crippen LogP contribution < -0.4 is 5.73 Å². The summed E-state index contributed by atoms with van der Waals surface area (Å²) < 4.78 is 16.0. The minimum atomic E-state index is -2.42. The van der Waals surface area contributed by atoms with Crippen LogP contribution in [0, 0.1) is 5.92 Å². The van der Waals surface area contributed by atoms with Crippen molar-refractivity contribution in [1.82, 2.24) is 0 Å². The third-order valence-electron chi connectivity index (χ3n) is 5.19. The van der Waals surface area contributed by atoms with E-state index in [2.05, 4.69) is 0 Å². The third-order valence-corrected chi connectivity index (χ3v) is 5.19. The molecule has 2 heterocycles. The van der Waals surface area contributed by atoms with Gasteiger partial charge in [-0.05, 0) is 6.92 Å². The van der Waals surface area contributed by atoms with Crippen LogP contribution in [0.1, 0.15) is 13.3 Å². The first kappa shape index (κ1) is 21.4. The summed E-state index contributed by atoms with van der Waals surface area (Å²) in [5.41, 5.74) is 2.76. The smallest absolute Gasteiger partial charge is 0.217 e. The molecule has 2 aliphatic rings. The Morgan fingerprint density at radius 3 is 2.27 bits per heavy atom. The molecular formula is C15H27NO10. The molecule has 2 rings (SSSR count). The predicted molar refractivity (Wildman–Crippen MR) is 83.4 cm³/mol. The van der Waals surface area contributed by atoms with Gasteiger partial charge in [-0.2, -0.15) is 0 Å². The molecule has 11 heteroatoms. The standard InChI is InChI=1S/C15H27NO10/c1-5-9(19)10(20)11(21)13(25-5)15(23)7(4-17)26-14(24-2)6(12(15)22)3-8(16)18/h5-7,9-14,17,19-23H,3-4H2,1-2H3,(H2,16,18)/t5-,6+,7-,9+,10+,11-,12-,13-,14+,15-/m1/s1. The van der Waals surface area contributed by atoms with Gasteiger partial charge in [-0.15, -0.1) is 0 Å². The molecule has 10 atom stereocenters. The lowest BCUT2D eigenvalue weighted by Crippen LogP contribution is -2.75. The summed E-state index contributed by atoms with van der Waals surface area (Å²) >= 11 is 0. The van der Waals surface area contributed by atoms with Crippen LogP contribution in [0.5, 0.6) is 0 Å². The van der Waals surface area contributed by atoms with E-state index < -0.39 is 79.5 Å². The van der Waals surface area contributed by atoms with E-state index in [4.69, 9.17) is 19.9 Å². The van der Waals surface area contributed by atoms with Gasteiger partial charge >= 0.3 is 0 Å². The van der Waals surface area contributed by atoms with Crippen molar-refractivity contribution in [2.75, 3.05) is 13.7 Å². The lowest BCUT2D eigenvalue weighted by molar-refractivity contribution is -0.360. The van der Waals surface area contributed by atoms with Crippen LogP contribution in [-0.2, 0) is 19.0 Å². The van der Waals surface area contributed by atoms with Crippen molar-refractivity contribution in [3.63, 3.8) is 0 Å². The molecular weight excluding hydrogens is 354 g/mol. The van der Waals surface area contributed by atoms with Gasteiger partial charge in [0.1, 0.15) is 36.1 Å². The molecule has 2 aliphatic heterocycles. The van der Waals surface area contributed by atoms with Crippen molar-refractivity contribution in [3.8, 4) is 0 Å². The highest BCUT2D eigenvalue weighted by molar-refractivity contribution is 5.74. The van der Waals surface area contributed by atoms with E-state index in [-0.39, 0.29) is 0 Å². The maximum atomic E-state index is 11.3. The Hall–Kier alpha value is -0.890. The molecule has 0 radical (unpaired) electrons. The lowest BCUT2D eigenvalue weighted by Gasteiger charge is -2.55. The Morgan fingerprint density at radius 1 is 1.15 bits per heavy atom. The number of aliphatic hydroxyl groups is 6. The normalized spacial score (nSPS) is 49.8. The van der Waals surface area contributed by atoms with Crippen LogP contribution in [0.25, 0.3) is 0 Å². The number of carbonyl (C=O) groups is 1. The van der Waals surface area contributed by atoms with Crippen LogP contribution >= 0.6 is 0 Å². The summed E-state index contributed by atoms with van der Waals surface area (Å²) in [4.78, 5) is 11.3. The molecule has 1 amide bonds. The molecule has 0 spiro atoms. The Balaban J connectivity index is 2.42. The van der Waals surface area contributed by atoms with Crippen LogP contribution in [0.2, 0.25) is 0 Å². The number of ether oxygens (including phenoxy) is 3. The monoisotopic (exact) mass is 381 g/mol. The van der Waals surface area contributed by atoms with Gasteiger partial charge in [0.2, 0.25) is 5.91 Å². The van der Waals surface area contributed by atoms with Crippen molar-refractivity contribution in [2.24, 2.45) is 11.7 Å². The summed E-state index contributed by atoms with van der Waals surface area (Å²) in [6.07, 6.45) is -12.3. The van der Waals surface area contributed by atoms with Gasteiger partial charge < -0.3 is 50.6 Å². The first-order chi connectivity index (χ1) is 12.1. The molecule has 0 aliphatic carbocycles.